The summed E-state index contributed by atoms with van der Waals surface area (Å²) in [6, 6.07) is 0. The molecule has 3 nitrogen and oxygen atoms in total. The number of rotatable bonds is 35. The van der Waals surface area contributed by atoms with Gasteiger partial charge in [-0.2, -0.15) is 0 Å². The first-order chi connectivity index (χ1) is 20.0. The monoisotopic (exact) mass is 679 g/mol. The fraction of sp³-hybridized carbons (Fsp3) is 1.00. The highest BCUT2D eigenvalue weighted by molar-refractivity contribution is 8.93. The Morgan fingerprint density at radius 3 is 0.690 bits per heavy atom. The van der Waals surface area contributed by atoms with Gasteiger partial charge in [-0.05, 0) is 12.8 Å². The van der Waals surface area contributed by atoms with Gasteiger partial charge in [0.05, 0.1) is 5.25 Å². The van der Waals surface area contributed by atoms with Crippen molar-refractivity contribution in [3.63, 3.8) is 0 Å². The summed E-state index contributed by atoms with van der Waals surface area (Å²) in [4.78, 5) is 0. The Kier molecular flexibility index (Phi) is 38.0. The zero-order valence-electron chi connectivity index (χ0n) is 28.8. The summed E-state index contributed by atoms with van der Waals surface area (Å²) < 4.78 is 24.2. The van der Waals surface area contributed by atoms with Crippen molar-refractivity contribution in [2.24, 2.45) is 5.14 Å². The van der Waals surface area contributed by atoms with E-state index in [4.69, 9.17) is 5.14 Å². The van der Waals surface area contributed by atoms with Crippen LogP contribution in [0.1, 0.15) is 232 Å². The zero-order valence-corrected chi connectivity index (χ0v) is 31.4. The first-order valence-electron chi connectivity index (χ1n) is 19.0. The van der Waals surface area contributed by atoms with Crippen molar-refractivity contribution >= 4 is 27.0 Å². The summed E-state index contributed by atoms with van der Waals surface area (Å²) in [6.45, 7) is 4.57. The van der Waals surface area contributed by atoms with Crippen LogP contribution in [0, 0.1) is 0 Å². The van der Waals surface area contributed by atoms with Gasteiger partial charge in [-0.3, -0.25) is 0 Å². The second-order valence-electron chi connectivity index (χ2n) is 13.4. The average molecular weight is 681 g/mol. The second-order valence-corrected chi connectivity index (χ2v) is 15.2. The van der Waals surface area contributed by atoms with E-state index in [-0.39, 0.29) is 22.2 Å². The van der Waals surface area contributed by atoms with Gasteiger partial charge in [0, 0.05) is 0 Å². The van der Waals surface area contributed by atoms with Gasteiger partial charge in [-0.25, -0.2) is 13.6 Å². The lowest BCUT2D eigenvalue weighted by molar-refractivity contribution is 0.501. The lowest BCUT2D eigenvalue weighted by Gasteiger charge is -2.14. The normalized spacial score (nSPS) is 11.8. The number of halogens is 1. The van der Waals surface area contributed by atoms with Crippen LogP contribution >= 0.6 is 17.0 Å². The lowest BCUT2D eigenvalue weighted by Crippen LogP contribution is -2.28. The molecule has 0 spiro atoms. The van der Waals surface area contributed by atoms with E-state index >= 15 is 0 Å². The Hall–Kier alpha value is 0.390. The summed E-state index contributed by atoms with van der Waals surface area (Å²) >= 11 is 0. The van der Waals surface area contributed by atoms with Gasteiger partial charge in [0.25, 0.3) is 0 Å². The van der Waals surface area contributed by atoms with Crippen molar-refractivity contribution in [3.05, 3.63) is 0 Å². The molecule has 2 N–H and O–H groups in total. The molecule has 0 aromatic rings. The van der Waals surface area contributed by atoms with Gasteiger partial charge in [0.2, 0.25) is 10.0 Å². The summed E-state index contributed by atoms with van der Waals surface area (Å²) in [5.41, 5.74) is 0. The van der Waals surface area contributed by atoms with Crippen molar-refractivity contribution in [2.45, 2.75) is 237 Å². The van der Waals surface area contributed by atoms with E-state index in [9.17, 15) is 8.42 Å². The third-order valence-electron chi connectivity index (χ3n) is 9.22. The molecule has 0 rings (SSSR count). The van der Waals surface area contributed by atoms with Crippen LogP contribution in [0.5, 0.6) is 0 Å². The molecule has 0 atom stereocenters. The molecule has 0 aromatic carbocycles. The van der Waals surface area contributed by atoms with E-state index in [2.05, 4.69) is 13.8 Å². The maximum atomic E-state index is 12.1. The van der Waals surface area contributed by atoms with Crippen LogP contribution in [0.15, 0.2) is 0 Å². The highest BCUT2D eigenvalue weighted by Gasteiger charge is 2.20. The highest BCUT2D eigenvalue weighted by Crippen LogP contribution is 2.20. The number of unbranched alkanes of at least 4 members (excludes halogenated alkanes) is 30. The van der Waals surface area contributed by atoms with E-state index in [1.807, 2.05) is 0 Å². The number of hydrogen-bond acceptors (Lipinski definition) is 2. The maximum absolute atomic E-state index is 12.1. The maximum Gasteiger partial charge on any atom is 0.211 e. The van der Waals surface area contributed by atoms with Crippen molar-refractivity contribution in [3.8, 4) is 0 Å². The first kappa shape index (κ1) is 44.5. The van der Waals surface area contributed by atoms with Crippen LogP contribution in [0.4, 0.5) is 0 Å². The summed E-state index contributed by atoms with van der Waals surface area (Å²) in [7, 11) is -3.41. The fourth-order valence-electron chi connectivity index (χ4n) is 6.31. The largest absolute Gasteiger partial charge is 0.228 e. The number of sulfonamides is 1. The predicted molar refractivity (Wildman–Crippen MR) is 196 cm³/mol. The van der Waals surface area contributed by atoms with Crippen LogP contribution in [0.2, 0.25) is 0 Å². The molecule has 0 saturated heterocycles. The zero-order chi connectivity index (χ0) is 30.1. The van der Waals surface area contributed by atoms with Crippen molar-refractivity contribution in [1.82, 2.24) is 0 Å². The number of hydrogen-bond donors (Lipinski definition) is 1. The smallest absolute Gasteiger partial charge is 0.211 e. The van der Waals surface area contributed by atoms with Crippen LogP contribution in [0.25, 0.3) is 0 Å². The standard InChI is InChI=1S/C37H77NO2S.BrH/c1-3-5-7-9-11-13-15-17-19-21-23-25-27-29-31-33-35-37(41(38,39)40)36-34-32-30-28-26-24-22-20-18-16-14-12-10-8-6-4-2;/h37H,3-36H2,1-2H3,(H2,38,39,40);1H. The minimum absolute atomic E-state index is 0. The quantitative estimate of drug-likeness (QED) is 0.0677. The number of nitrogens with two attached hydrogens (primary N) is 1. The van der Waals surface area contributed by atoms with Crippen molar-refractivity contribution in [1.29, 1.82) is 0 Å². The van der Waals surface area contributed by atoms with Crippen LogP contribution in [-0.2, 0) is 10.0 Å². The molecule has 0 saturated carbocycles. The molecule has 0 radical (unpaired) electrons. The number of primary sulfonamides is 1. The molecule has 0 heterocycles. The van der Waals surface area contributed by atoms with Crippen LogP contribution in [0.3, 0.4) is 0 Å². The molecule has 0 aromatic heterocycles. The second kappa shape index (κ2) is 35.9. The molecule has 0 unspecified atom stereocenters. The van der Waals surface area contributed by atoms with Gasteiger partial charge in [-0.1, -0.05) is 219 Å². The molecule has 0 fully saturated rings. The Balaban J connectivity index is 0. The highest BCUT2D eigenvalue weighted by atomic mass is 79.9. The minimum Gasteiger partial charge on any atom is -0.228 e. The van der Waals surface area contributed by atoms with Gasteiger partial charge < -0.3 is 0 Å². The molecule has 5 heteroatoms. The third kappa shape index (κ3) is 34.9. The summed E-state index contributed by atoms with van der Waals surface area (Å²) in [5.74, 6) is 0. The Labute approximate surface area is 276 Å². The van der Waals surface area contributed by atoms with Gasteiger partial charge in [0.15, 0.2) is 0 Å². The van der Waals surface area contributed by atoms with E-state index in [1.54, 1.807) is 0 Å². The lowest BCUT2D eigenvalue weighted by atomic mass is 10.0. The molecule has 0 aliphatic rings. The van der Waals surface area contributed by atoms with Gasteiger partial charge >= 0.3 is 0 Å². The fourth-order valence-corrected chi connectivity index (χ4v) is 7.30. The third-order valence-corrected chi connectivity index (χ3v) is 10.6. The SMILES string of the molecule is Br.CCCCCCCCCCCCCCCCCCC(CCCCCCCCCCCCCCCCCC)S(N)(=O)=O. The van der Waals surface area contributed by atoms with Crippen molar-refractivity contribution < 1.29 is 8.42 Å². The topological polar surface area (TPSA) is 60.2 Å². The Bertz CT molecular complexity index is 563. The Morgan fingerprint density at radius 2 is 0.524 bits per heavy atom. The predicted octanol–water partition coefficient (Wildman–Crippen LogP) is 13.5. The van der Waals surface area contributed by atoms with E-state index in [1.165, 1.54) is 180 Å². The van der Waals surface area contributed by atoms with Gasteiger partial charge in [-0.15, -0.1) is 17.0 Å². The van der Waals surface area contributed by atoms with Crippen LogP contribution in [-0.4, -0.2) is 13.7 Å². The Morgan fingerprint density at radius 1 is 0.357 bits per heavy atom. The summed E-state index contributed by atoms with van der Waals surface area (Å²) in [5, 5.41) is 5.27. The minimum atomic E-state index is -3.41. The molecular weight excluding hydrogens is 602 g/mol. The first-order valence-corrected chi connectivity index (χ1v) is 20.6. The molecule has 0 aliphatic heterocycles. The molecule has 0 amide bonds. The molecule has 42 heavy (non-hydrogen) atoms. The van der Waals surface area contributed by atoms with E-state index < -0.39 is 10.0 Å². The molecule has 0 bridgehead atoms. The van der Waals surface area contributed by atoms with E-state index in [0.717, 1.165) is 38.5 Å². The van der Waals surface area contributed by atoms with Crippen LogP contribution < -0.4 is 5.14 Å². The summed E-state index contributed by atoms with van der Waals surface area (Å²) in [6.07, 6.45) is 44.6. The van der Waals surface area contributed by atoms with Crippen molar-refractivity contribution in [2.75, 3.05) is 0 Å². The molecular formula is C37H78BrNO2S. The van der Waals surface area contributed by atoms with Gasteiger partial charge in [0.1, 0.15) is 0 Å². The molecule has 0 aliphatic carbocycles. The molecule has 256 valence electrons. The average Bonchev–Trinajstić information content (AvgIpc) is 2.95. The van der Waals surface area contributed by atoms with E-state index in [0.29, 0.717) is 0 Å².